The van der Waals surface area contributed by atoms with E-state index in [4.69, 9.17) is 17.3 Å². The van der Waals surface area contributed by atoms with Crippen LogP contribution in [0.3, 0.4) is 0 Å². The monoisotopic (exact) mass is 284 g/mol. The predicted octanol–water partition coefficient (Wildman–Crippen LogP) is 1.51. The molecule has 8 heteroatoms. The van der Waals surface area contributed by atoms with E-state index in [0.29, 0.717) is 5.69 Å². The summed E-state index contributed by atoms with van der Waals surface area (Å²) in [5, 5.41) is 7.25. The molecule has 0 radical (unpaired) electrons. The molecule has 2 aromatic rings. The average Bonchev–Trinajstić information content (AvgIpc) is 2.29. The van der Waals surface area contributed by atoms with Gasteiger partial charge in [-0.1, -0.05) is 11.6 Å². The van der Waals surface area contributed by atoms with Gasteiger partial charge in [-0.15, -0.1) is 5.10 Å². The van der Waals surface area contributed by atoms with Crippen molar-refractivity contribution in [3.63, 3.8) is 0 Å². The summed E-state index contributed by atoms with van der Waals surface area (Å²) in [6.45, 7) is 0. The first-order valence-corrected chi connectivity index (χ1v) is 6.71. The lowest BCUT2D eigenvalue weighted by atomic mass is 10.3. The first-order chi connectivity index (χ1) is 8.49. The second kappa shape index (κ2) is 4.79. The van der Waals surface area contributed by atoms with Crippen LogP contribution < -0.4 is 10.5 Å². The van der Waals surface area contributed by atoms with Crippen LogP contribution in [0.1, 0.15) is 0 Å². The fraction of sp³-hybridized carbons (Fsp3) is 0. The lowest BCUT2D eigenvalue weighted by Gasteiger charge is -2.08. The highest BCUT2D eigenvalue weighted by Crippen LogP contribution is 2.25. The summed E-state index contributed by atoms with van der Waals surface area (Å²) >= 11 is 5.85. The Bertz CT molecular complexity index is 661. The third-order valence-electron chi connectivity index (χ3n) is 2.06. The van der Waals surface area contributed by atoms with Crippen molar-refractivity contribution in [2.45, 2.75) is 4.90 Å². The Balaban J connectivity index is 2.37. The maximum absolute atomic E-state index is 12.0. The first-order valence-electron chi connectivity index (χ1n) is 4.84. The van der Waals surface area contributed by atoms with Crippen molar-refractivity contribution < 1.29 is 8.42 Å². The largest absolute Gasteiger partial charge is 0.399 e. The molecule has 0 atom stereocenters. The number of halogens is 1. The molecular weight excluding hydrogens is 276 g/mol. The molecule has 6 nitrogen and oxygen atoms in total. The number of anilines is 2. The number of benzene rings is 1. The van der Waals surface area contributed by atoms with Crippen LogP contribution in [0.15, 0.2) is 41.4 Å². The molecule has 0 saturated carbocycles. The number of nitrogens with zero attached hydrogens (tertiary/aromatic N) is 2. The Morgan fingerprint density at radius 2 is 2.06 bits per heavy atom. The summed E-state index contributed by atoms with van der Waals surface area (Å²) in [6, 6.07) is 7.20. The molecule has 0 aliphatic rings. The van der Waals surface area contributed by atoms with Gasteiger partial charge in [0.1, 0.15) is 4.90 Å². The normalized spacial score (nSPS) is 11.2. The minimum atomic E-state index is -3.80. The Kier molecular flexibility index (Phi) is 3.35. The highest BCUT2D eigenvalue weighted by atomic mass is 35.5. The molecule has 94 valence electrons. The van der Waals surface area contributed by atoms with Gasteiger partial charge in [-0.05, 0) is 30.3 Å². The van der Waals surface area contributed by atoms with E-state index in [-0.39, 0.29) is 15.7 Å². The van der Waals surface area contributed by atoms with E-state index in [1.807, 2.05) is 0 Å². The van der Waals surface area contributed by atoms with Crippen LogP contribution in [-0.4, -0.2) is 18.6 Å². The molecule has 1 aromatic heterocycles. The average molecular weight is 285 g/mol. The summed E-state index contributed by atoms with van der Waals surface area (Å²) in [5.41, 5.74) is 5.89. The highest BCUT2D eigenvalue weighted by Gasteiger charge is 2.18. The van der Waals surface area contributed by atoms with E-state index < -0.39 is 10.0 Å². The molecule has 0 amide bonds. The van der Waals surface area contributed by atoms with Crippen molar-refractivity contribution in [1.82, 2.24) is 10.2 Å². The van der Waals surface area contributed by atoms with E-state index >= 15 is 0 Å². The molecule has 1 aromatic carbocycles. The van der Waals surface area contributed by atoms with Gasteiger partial charge in [0.05, 0.1) is 5.02 Å². The van der Waals surface area contributed by atoms with E-state index in [1.54, 1.807) is 6.07 Å². The van der Waals surface area contributed by atoms with Crippen LogP contribution in [0.5, 0.6) is 0 Å². The van der Waals surface area contributed by atoms with Gasteiger partial charge in [-0.3, -0.25) is 4.72 Å². The van der Waals surface area contributed by atoms with Gasteiger partial charge < -0.3 is 5.73 Å². The summed E-state index contributed by atoms with van der Waals surface area (Å²) in [6.07, 6.45) is 1.44. The quantitative estimate of drug-likeness (QED) is 0.833. The topological polar surface area (TPSA) is 98.0 Å². The highest BCUT2D eigenvalue weighted by molar-refractivity contribution is 7.92. The standard InChI is InChI=1S/C10H9ClN4O2S/c11-8-6-7(12)3-4-9(8)18(16,17)15-10-2-1-5-13-14-10/h1-6H,12H2,(H,14,15). The van der Waals surface area contributed by atoms with Gasteiger partial charge in [0.25, 0.3) is 10.0 Å². The second-order valence-corrected chi connectivity index (χ2v) is 5.46. The molecule has 1 heterocycles. The summed E-state index contributed by atoms with van der Waals surface area (Å²) in [5.74, 6) is 0.116. The maximum Gasteiger partial charge on any atom is 0.264 e. The second-order valence-electron chi connectivity index (χ2n) is 3.40. The van der Waals surface area contributed by atoms with Crippen molar-refractivity contribution in [3.8, 4) is 0 Å². The zero-order chi connectivity index (χ0) is 13.2. The smallest absolute Gasteiger partial charge is 0.264 e. The van der Waals surface area contributed by atoms with Gasteiger partial charge in [0.2, 0.25) is 0 Å². The van der Waals surface area contributed by atoms with E-state index in [2.05, 4.69) is 14.9 Å². The van der Waals surface area contributed by atoms with Crippen LogP contribution in [0, 0.1) is 0 Å². The molecule has 0 saturated heterocycles. The van der Waals surface area contributed by atoms with Gasteiger partial charge in [0.15, 0.2) is 5.82 Å². The Labute approximate surface area is 109 Å². The van der Waals surface area contributed by atoms with Crippen molar-refractivity contribution in [2.75, 3.05) is 10.5 Å². The molecule has 18 heavy (non-hydrogen) atoms. The Morgan fingerprint density at radius 3 is 2.67 bits per heavy atom. The number of nitrogen functional groups attached to an aromatic ring is 1. The minimum absolute atomic E-state index is 0.0476. The molecule has 0 spiro atoms. The van der Waals surface area contributed by atoms with Gasteiger partial charge in [0, 0.05) is 11.9 Å². The van der Waals surface area contributed by atoms with Crippen LogP contribution in [-0.2, 0) is 10.0 Å². The number of rotatable bonds is 3. The fourth-order valence-electron chi connectivity index (χ4n) is 1.28. The van der Waals surface area contributed by atoms with Crippen molar-refractivity contribution >= 4 is 33.1 Å². The zero-order valence-corrected chi connectivity index (χ0v) is 10.6. The van der Waals surface area contributed by atoms with E-state index in [1.165, 1.54) is 30.5 Å². The number of nitrogens with one attached hydrogen (secondary N) is 1. The van der Waals surface area contributed by atoms with Crippen molar-refractivity contribution in [1.29, 1.82) is 0 Å². The lowest BCUT2D eigenvalue weighted by molar-refractivity contribution is 0.601. The van der Waals surface area contributed by atoms with Crippen molar-refractivity contribution in [3.05, 3.63) is 41.6 Å². The third-order valence-corrected chi connectivity index (χ3v) is 3.89. The molecular formula is C10H9ClN4O2S. The van der Waals surface area contributed by atoms with Crippen LogP contribution in [0.25, 0.3) is 0 Å². The van der Waals surface area contributed by atoms with Gasteiger partial charge in [-0.2, -0.15) is 5.10 Å². The van der Waals surface area contributed by atoms with Crippen LogP contribution in [0.2, 0.25) is 5.02 Å². The fourth-order valence-corrected chi connectivity index (χ4v) is 2.83. The summed E-state index contributed by atoms with van der Waals surface area (Å²) < 4.78 is 26.3. The molecule has 3 N–H and O–H groups in total. The molecule has 0 unspecified atom stereocenters. The number of hydrogen-bond acceptors (Lipinski definition) is 5. The Morgan fingerprint density at radius 1 is 1.28 bits per heavy atom. The predicted molar refractivity (Wildman–Crippen MR) is 68.7 cm³/mol. The van der Waals surface area contributed by atoms with E-state index in [0.717, 1.165) is 0 Å². The molecule has 0 aliphatic carbocycles. The number of sulfonamides is 1. The van der Waals surface area contributed by atoms with E-state index in [9.17, 15) is 8.42 Å². The number of aromatic nitrogens is 2. The molecule has 0 aliphatic heterocycles. The summed E-state index contributed by atoms with van der Waals surface area (Å²) in [4.78, 5) is -0.0657. The number of hydrogen-bond donors (Lipinski definition) is 2. The van der Waals surface area contributed by atoms with Gasteiger partial charge in [-0.25, -0.2) is 8.42 Å². The third kappa shape index (κ3) is 2.69. The molecule has 0 fully saturated rings. The molecule has 0 bridgehead atoms. The van der Waals surface area contributed by atoms with Gasteiger partial charge >= 0.3 is 0 Å². The Hall–Kier alpha value is -1.86. The van der Waals surface area contributed by atoms with Crippen LogP contribution in [0.4, 0.5) is 11.5 Å². The lowest BCUT2D eigenvalue weighted by Crippen LogP contribution is -2.14. The minimum Gasteiger partial charge on any atom is -0.399 e. The maximum atomic E-state index is 12.0. The SMILES string of the molecule is Nc1ccc(S(=O)(=O)Nc2cccnn2)c(Cl)c1. The first kappa shape index (κ1) is 12.6. The number of nitrogens with two attached hydrogens (primary N) is 1. The van der Waals surface area contributed by atoms with Crippen LogP contribution >= 0.6 is 11.6 Å². The van der Waals surface area contributed by atoms with Crippen molar-refractivity contribution in [2.24, 2.45) is 0 Å². The zero-order valence-electron chi connectivity index (χ0n) is 9.04. The molecule has 2 rings (SSSR count). The summed E-state index contributed by atoms with van der Waals surface area (Å²) in [7, 11) is -3.80.